The molecular formula is C10H18N2O2. The van der Waals surface area contributed by atoms with Gasteiger partial charge in [-0.2, -0.15) is 0 Å². The maximum Gasteiger partial charge on any atom is 0.407 e. The van der Waals surface area contributed by atoms with Crippen LogP contribution in [0.15, 0.2) is 0 Å². The third-order valence-corrected chi connectivity index (χ3v) is 4.04. The van der Waals surface area contributed by atoms with E-state index in [1.165, 1.54) is 4.90 Å². The number of likely N-dealkylation sites (tertiary alicyclic amines) is 1. The second-order valence-electron chi connectivity index (χ2n) is 5.23. The summed E-state index contributed by atoms with van der Waals surface area (Å²) >= 11 is 0. The molecule has 4 nitrogen and oxygen atoms in total. The Hall–Kier alpha value is -0.770. The SMILES string of the molecule is CC1(C)CNCCC12CN(C(=O)O)C2. The van der Waals surface area contributed by atoms with Gasteiger partial charge < -0.3 is 15.3 Å². The number of carbonyl (C=O) groups is 1. The molecule has 0 aromatic carbocycles. The molecular weight excluding hydrogens is 180 g/mol. The molecule has 0 bridgehead atoms. The quantitative estimate of drug-likeness (QED) is 0.610. The molecule has 1 amide bonds. The molecule has 2 N–H and O–H groups in total. The van der Waals surface area contributed by atoms with E-state index in [-0.39, 0.29) is 10.8 Å². The predicted molar refractivity (Wildman–Crippen MR) is 53.3 cm³/mol. The molecule has 80 valence electrons. The van der Waals surface area contributed by atoms with Crippen LogP contribution in [0.1, 0.15) is 20.3 Å². The molecule has 14 heavy (non-hydrogen) atoms. The summed E-state index contributed by atoms with van der Waals surface area (Å²) in [5.41, 5.74) is 0.452. The zero-order valence-corrected chi connectivity index (χ0v) is 8.84. The molecule has 1 spiro atoms. The lowest BCUT2D eigenvalue weighted by atomic mass is 9.57. The maximum absolute atomic E-state index is 10.7. The van der Waals surface area contributed by atoms with Gasteiger partial charge in [0.15, 0.2) is 0 Å². The van der Waals surface area contributed by atoms with Crippen LogP contribution in [0, 0.1) is 10.8 Å². The summed E-state index contributed by atoms with van der Waals surface area (Å²) in [5.74, 6) is 0. The van der Waals surface area contributed by atoms with Crippen LogP contribution in [-0.2, 0) is 0 Å². The van der Waals surface area contributed by atoms with Gasteiger partial charge >= 0.3 is 6.09 Å². The molecule has 0 aromatic rings. The second kappa shape index (κ2) is 2.86. The Morgan fingerprint density at radius 3 is 2.57 bits per heavy atom. The highest BCUT2D eigenvalue weighted by Gasteiger charge is 2.55. The highest BCUT2D eigenvalue weighted by Crippen LogP contribution is 2.50. The van der Waals surface area contributed by atoms with Crippen LogP contribution in [0.25, 0.3) is 0 Å². The van der Waals surface area contributed by atoms with Gasteiger partial charge in [0.1, 0.15) is 0 Å². The number of hydrogen-bond acceptors (Lipinski definition) is 2. The van der Waals surface area contributed by atoms with Crippen LogP contribution in [0.4, 0.5) is 4.79 Å². The third kappa shape index (κ3) is 1.21. The topological polar surface area (TPSA) is 52.6 Å². The standard InChI is InChI=1S/C10H18N2O2/c1-9(2)5-11-4-3-10(9)6-12(7-10)8(13)14/h11H,3-7H2,1-2H3,(H,13,14). The van der Waals surface area contributed by atoms with Crippen molar-refractivity contribution < 1.29 is 9.90 Å². The van der Waals surface area contributed by atoms with Gasteiger partial charge in [-0.05, 0) is 18.4 Å². The Morgan fingerprint density at radius 2 is 2.07 bits per heavy atom. The van der Waals surface area contributed by atoms with Crippen LogP contribution in [-0.4, -0.2) is 42.3 Å². The first-order chi connectivity index (χ1) is 6.47. The minimum Gasteiger partial charge on any atom is -0.465 e. The van der Waals surface area contributed by atoms with E-state index in [1.54, 1.807) is 0 Å². The zero-order valence-electron chi connectivity index (χ0n) is 8.84. The van der Waals surface area contributed by atoms with Crippen LogP contribution in [0.2, 0.25) is 0 Å². The first-order valence-electron chi connectivity index (χ1n) is 5.16. The van der Waals surface area contributed by atoms with E-state index in [4.69, 9.17) is 5.11 Å². The van der Waals surface area contributed by atoms with Gasteiger partial charge in [-0.3, -0.25) is 0 Å². The minimum atomic E-state index is -0.773. The van der Waals surface area contributed by atoms with Crippen molar-refractivity contribution in [3.63, 3.8) is 0 Å². The highest BCUT2D eigenvalue weighted by atomic mass is 16.4. The summed E-state index contributed by atoms with van der Waals surface area (Å²) in [4.78, 5) is 12.2. The average Bonchev–Trinajstić information content (AvgIpc) is 1.99. The number of hydrogen-bond donors (Lipinski definition) is 2. The molecule has 2 saturated heterocycles. The van der Waals surface area contributed by atoms with E-state index in [0.29, 0.717) is 0 Å². The third-order valence-electron chi connectivity index (χ3n) is 4.04. The molecule has 0 aliphatic carbocycles. The van der Waals surface area contributed by atoms with Gasteiger partial charge in [0.25, 0.3) is 0 Å². The van der Waals surface area contributed by atoms with E-state index >= 15 is 0 Å². The van der Waals surface area contributed by atoms with Gasteiger partial charge in [0.2, 0.25) is 0 Å². The number of carboxylic acid groups (broad SMARTS) is 1. The molecule has 2 aliphatic rings. The lowest BCUT2D eigenvalue weighted by Gasteiger charge is -2.59. The van der Waals surface area contributed by atoms with Gasteiger partial charge in [-0.15, -0.1) is 0 Å². The van der Waals surface area contributed by atoms with Gasteiger partial charge in [0.05, 0.1) is 0 Å². The smallest absolute Gasteiger partial charge is 0.407 e. The van der Waals surface area contributed by atoms with Gasteiger partial charge in [0, 0.05) is 25.0 Å². The lowest BCUT2D eigenvalue weighted by molar-refractivity contribution is -0.0924. The summed E-state index contributed by atoms with van der Waals surface area (Å²) in [6.45, 7) is 7.93. The van der Waals surface area contributed by atoms with Crippen molar-refractivity contribution in [1.82, 2.24) is 10.2 Å². The molecule has 4 heteroatoms. The Balaban J connectivity index is 2.07. The molecule has 0 aromatic heterocycles. The molecule has 2 rings (SSSR count). The molecule has 2 fully saturated rings. The average molecular weight is 198 g/mol. The fraction of sp³-hybridized carbons (Fsp3) is 0.900. The molecule has 2 heterocycles. The van der Waals surface area contributed by atoms with E-state index in [0.717, 1.165) is 32.6 Å². The first-order valence-corrected chi connectivity index (χ1v) is 5.16. The summed E-state index contributed by atoms with van der Waals surface area (Å²) in [6.07, 6.45) is 0.328. The van der Waals surface area contributed by atoms with E-state index in [2.05, 4.69) is 19.2 Å². The monoisotopic (exact) mass is 198 g/mol. The normalized spacial score (nSPS) is 28.6. The largest absolute Gasteiger partial charge is 0.465 e. The number of amides is 1. The van der Waals surface area contributed by atoms with Crippen molar-refractivity contribution in [2.75, 3.05) is 26.2 Å². The van der Waals surface area contributed by atoms with Crippen LogP contribution < -0.4 is 5.32 Å². The Bertz CT molecular complexity index is 257. The summed E-state index contributed by atoms with van der Waals surface area (Å²) in [6, 6.07) is 0. The minimum absolute atomic E-state index is 0.219. The highest BCUT2D eigenvalue weighted by molar-refractivity contribution is 5.66. The van der Waals surface area contributed by atoms with Crippen molar-refractivity contribution >= 4 is 6.09 Å². The van der Waals surface area contributed by atoms with Crippen molar-refractivity contribution in [1.29, 1.82) is 0 Å². The summed E-state index contributed by atoms with van der Waals surface area (Å²) < 4.78 is 0. The fourth-order valence-corrected chi connectivity index (χ4v) is 2.66. The van der Waals surface area contributed by atoms with Gasteiger partial charge in [-0.1, -0.05) is 13.8 Å². The number of nitrogens with one attached hydrogen (secondary N) is 1. The van der Waals surface area contributed by atoms with Crippen LogP contribution >= 0.6 is 0 Å². The Morgan fingerprint density at radius 1 is 1.43 bits per heavy atom. The van der Waals surface area contributed by atoms with E-state index in [1.807, 2.05) is 0 Å². The Kier molecular flexibility index (Phi) is 2.00. The van der Waals surface area contributed by atoms with E-state index in [9.17, 15) is 4.79 Å². The fourth-order valence-electron chi connectivity index (χ4n) is 2.66. The molecule has 0 saturated carbocycles. The van der Waals surface area contributed by atoms with E-state index < -0.39 is 6.09 Å². The molecule has 2 aliphatic heterocycles. The Labute approximate surface area is 84.3 Å². The van der Waals surface area contributed by atoms with Crippen LogP contribution in [0.5, 0.6) is 0 Å². The molecule has 0 unspecified atom stereocenters. The van der Waals surface area contributed by atoms with Crippen molar-refractivity contribution in [2.45, 2.75) is 20.3 Å². The number of piperidine rings is 1. The summed E-state index contributed by atoms with van der Waals surface area (Å²) in [7, 11) is 0. The van der Waals surface area contributed by atoms with Crippen LogP contribution in [0.3, 0.4) is 0 Å². The molecule has 0 radical (unpaired) electrons. The van der Waals surface area contributed by atoms with Crippen molar-refractivity contribution in [3.05, 3.63) is 0 Å². The maximum atomic E-state index is 10.7. The molecule has 0 atom stereocenters. The summed E-state index contributed by atoms with van der Waals surface area (Å²) in [5, 5.41) is 12.2. The zero-order chi connectivity index (χ0) is 10.4. The van der Waals surface area contributed by atoms with Gasteiger partial charge in [-0.25, -0.2) is 4.79 Å². The van der Waals surface area contributed by atoms with Crippen molar-refractivity contribution in [2.24, 2.45) is 10.8 Å². The number of nitrogens with zero attached hydrogens (tertiary/aromatic N) is 1. The second-order valence-corrected chi connectivity index (χ2v) is 5.23. The predicted octanol–water partition coefficient (Wildman–Crippen LogP) is 0.986. The van der Waals surface area contributed by atoms with Crippen molar-refractivity contribution in [3.8, 4) is 0 Å². The first kappa shape index (κ1) is 9.77. The lowest BCUT2D eigenvalue weighted by Crippen LogP contribution is -2.68. The number of rotatable bonds is 0.